The van der Waals surface area contributed by atoms with E-state index in [-0.39, 0.29) is 0 Å². The maximum absolute atomic E-state index is 8.53. The van der Waals surface area contributed by atoms with E-state index in [2.05, 4.69) is 78.9 Å². The molecule has 0 N–H and O–H groups in total. The van der Waals surface area contributed by atoms with Crippen molar-refractivity contribution < 1.29 is 8.22 Å². The van der Waals surface area contributed by atoms with E-state index in [1.165, 1.54) is 20.2 Å². The number of pyridine rings is 3. The minimum atomic E-state index is -2.34. The van der Waals surface area contributed by atoms with Crippen LogP contribution in [0.3, 0.4) is 0 Å². The highest BCUT2D eigenvalue weighted by molar-refractivity contribution is 7.25. The van der Waals surface area contributed by atoms with E-state index in [0.29, 0.717) is 59.3 Å². The predicted molar refractivity (Wildman–Crippen MR) is 257 cm³/mol. The van der Waals surface area contributed by atoms with Crippen LogP contribution in [0.1, 0.15) is 41.6 Å². The zero-order chi connectivity index (χ0) is 46.1. The summed E-state index contributed by atoms with van der Waals surface area (Å²) in [5.74, 6) is 0. The van der Waals surface area contributed by atoms with Crippen LogP contribution >= 0.6 is 11.3 Å². The first-order valence-electron chi connectivity index (χ1n) is 23.6. The van der Waals surface area contributed by atoms with E-state index >= 15 is 0 Å². The van der Waals surface area contributed by atoms with E-state index in [1.54, 1.807) is 35.9 Å². The average Bonchev–Trinajstić information content (AvgIpc) is 3.72. The molecule has 0 aliphatic rings. The van der Waals surface area contributed by atoms with Gasteiger partial charge in [0, 0.05) is 69.2 Å². The van der Waals surface area contributed by atoms with Crippen molar-refractivity contribution in [2.75, 3.05) is 0 Å². The lowest BCUT2D eigenvalue weighted by Gasteiger charge is -2.16. The second kappa shape index (κ2) is 16.9. The minimum absolute atomic E-state index is 0.297. The molecule has 61 heavy (non-hydrogen) atoms. The second-order valence-electron chi connectivity index (χ2n) is 15.5. The molecule has 10 rings (SSSR count). The van der Waals surface area contributed by atoms with Gasteiger partial charge in [0.2, 0.25) is 0 Å². The van der Waals surface area contributed by atoms with Gasteiger partial charge < -0.3 is 0 Å². The molecule has 0 saturated heterocycles. The van der Waals surface area contributed by atoms with Crippen molar-refractivity contribution in [2.45, 2.75) is 39.4 Å². The predicted octanol–water partition coefficient (Wildman–Crippen LogP) is 14.8. The average molecular weight is 810 g/mol. The van der Waals surface area contributed by atoms with Gasteiger partial charge in [0.15, 0.2) is 0 Å². The summed E-state index contributed by atoms with van der Waals surface area (Å²) in [6, 6.07) is 56.8. The molecule has 0 saturated carbocycles. The van der Waals surface area contributed by atoms with Crippen LogP contribution in [0.5, 0.6) is 0 Å². The summed E-state index contributed by atoms with van der Waals surface area (Å²) in [5, 5.41) is 2.38. The van der Waals surface area contributed by atoms with Crippen molar-refractivity contribution >= 4 is 31.5 Å². The van der Waals surface area contributed by atoms with Crippen molar-refractivity contribution in [3.05, 3.63) is 222 Å². The van der Waals surface area contributed by atoms with Gasteiger partial charge in [-0.2, -0.15) is 0 Å². The fourth-order valence-electron chi connectivity index (χ4n) is 8.25. The molecule has 294 valence electrons. The van der Waals surface area contributed by atoms with Crippen LogP contribution in [0.25, 0.3) is 76.2 Å². The molecule has 3 nitrogen and oxygen atoms in total. The molecule has 0 spiro atoms. The Morgan fingerprint density at radius 1 is 0.393 bits per heavy atom. The Balaban J connectivity index is 1.08. The van der Waals surface area contributed by atoms with Gasteiger partial charge in [0.25, 0.3) is 0 Å². The molecule has 0 radical (unpaired) electrons. The molecule has 10 aromatic rings. The zero-order valence-electron chi connectivity index (χ0n) is 39.5. The van der Waals surface area contributed by atoms with Gasteiger partial charge in [-0.3, -0.25) is 15.0 Å². The third-order valence-corrected chi connectivity index (χ3v) is 12.6. The summed E-state index contributed by atoms with van der Waals surface area (Å²) in [5.41, 5.74) is 13.0. The lowest BCUT2D eigenvalue weighted by molar-refractivity contribution is 0.913. The fraction of sp³-hybridized carbons (Fsp3) is 0.105. The third kappa shape index (κ3) is 8.15. The number of hydrogen-bond acceptors (Lipinski definition) is 4. The van der Waals surface area contributed by atoms with Gasteiger partial charge in [0.05, 0.1) is 17.1 Å². The van der Waals surface area contributed by atoms with E-state index < -0.39 is 13.7 Å². The molecule has 0 unspecified atom stereocenters. The number of rotatable bonds is 11. The number of aromatic nitrogens is 3. The fourth-order valence-corrected chi connectivity index (χ4v) is 9.37. The minimum Gasteiger partial charge on any atom is -0.256 e. The highest BCUT2D eigenvalue weighted by Crippen LogP contribution is 2.42. The molecule has 0 amide bonds. The quantitative estimate of drug-likeness (QED) is 0.131. The van der Waals surface area contributed by atoms with Crippen LogP contribution in [0.2, 0.25) is 0 Å². The molecule has 0 aliphatic carbocycles. The first-order chi connectivity index (χ1) is 32.4. The number of thiophene rings is 1. The summed E-state index contributed by atoms with van der Waals surface area (Å²) in [6.07, 6.45) is 7.42. The topological polar surface area (TPSA) is 38.7 Å². The molecule has 4 heteroatoms. The lowest BCUT2D eigenvalue weighted by atomic mass is 9.89. The molecule has 0 bridgehead atoms. The summed E-state index contributed by atoms with van der Waals surface area (Å²) in [6.45, 7) is -4.67. The summed E-state index contributed by atoms with van der Waals surface area (Å²) >= 11 is 1.77. The largest absolute Gasteiger partial charge is 0.256 e. The first-order valence-corrected chi connectivity index (χ1v) is 21.5. The van der Waals surface area contributed by atoms with E-state index in [4.69, 9.17) is 23.2 Å². The van der Waals surface area contributed by atoms with Crippen LogP contribution < -0.4 is 0 Å². The molecule has 0 atom stereocenters. The maximum Gasteiger partial charge on any atom is 0.0704 e. The molecule has 0 fully saturated rings. The highest BCUT2D eigenvalue weighted by Gasteiger charge is 2.17. The number of fused-ring (bicyclic) bond motifs is 3. The monoisotopic (exact) mass is 809 g/mol. The smallest absolute Gasteiger partial charge is 0.0704 e. The Hall–Kier alpha value is -7.01. The van der Waals surface area contributed by atoms with E-state index in [1.807, 2.05) is 85.1 Å². The number of benzene rings is 6. The van der Waals surface area contributed by atoms with Gasteiger partial charge in [-0.1, -0.05) is 133 Å². The molecular formula is C57H45N3S. The van der Waals surface area contributed by atoms with Gasteiger partial charge in [-0.25, -0.2) is 0 Å². The Labute approximate surface area is 370 Å². The molecule has 6 aromatic carbocycles. The maximum atomic E-state index is 8.53. The van der Waals surface area contributed by atoms with Crippen LogP contribution in [-0.2, 0) is 25.7 Å². The SMILES string of the molecule is [2H]C([2H])([2H])c1cc(-c2ccccc2)ncc1CCc1cc(CCc2cnc(-c3ccccc3)cc2C([2H])([2H])[2H])cc(-c2cc3sc4ccccc4c3cc2-c2ccc(-c3ccccc3)nc2)c1. The molecule has 4 heterocycles. The summed E-state index contributed by atoms with van der Waals surface area (Å²) in [7, 11) is 0. The van der Waals surface area contributed by atoms with Crippen LogP contribution in [0.15, 0.2) is 188 Å². The van der Waals surface area contributed by atoms with Crippen molar-refractivity contribution in [3.8, 4) is 56.0 Å². The van der Waals surface area contributed by atoms with Crippen LogP contribution in [0.4, 0.5) is 0 Å². The Morgan fingerprint density at radius 3 is 1.48 bits per heavy atom. The van der Waals surface area contributed by atoms with Crippen LogP contribution in [0, 0.1) is 13.7 Å². The highest BCUT2D eigenvalue weighted by atomic mass is 32.1. The Morgan fingerprint density at radius 2 is 0.918 bits per heavy atom. The van der Waals surface area contributed by atoms with Crippen molar-refractivity contribution in [1.29, 1.82) is 0 Å². The van der Waals surface area contributed by atoms with Crippen molar-refractivity contribution in [1.82, 2.24) is 15.0 Å². The Bertz CT molecular complexity index is 3240. The molecule has 0 aliphatic heterocycles. The lowest BCUT2D eigenvalue weighted by Crippen LogP contribution is -2.01. The van der Waals surface area contributed by atoms with Gasteiger partial charge in [-0.15, -0.1) is 11.3 Å². The zero-order valence-corrected chi connectivity index (χ0v) is 34.3. The summed E-state index contributed by atoms with van der Waals surface area (Å²) in [4.78, 5) is 14.4. The number of nitrogens with zero attached hydrogens (tertiary/aromatic N) is 3. The van der Waals surface area contributed by atoms with E-state index in [0.717, 1.165) is 55.8 Å². The second-order valence-corrected chi connectivity index (χ2v) is 16.6. The van der Waals surface area contributed by atoms with Gasteiger partial charge in [-0.05, 0) is 126 Å². The number of aryl methyl sites for hydroxylation is 6. The molecular weight excluding hydrogens is 759 g/mol. The summed E-state index contributed by atoms with van der Waals surface area (Å²) < 4.78 is 53.5. The van der Waals surface area contributed by atoms with Crippen molar-refractivity contribution in [3.63, 3.8) is 0 Å². The first kappa shape index (κ1) is 31.9. The van der Waals surface area contributed by atoms with Gasteiger partial charge >= 0.3 is 0 Å². The van der Waals surface area contributed by atoms with Gasteiger partial charge in [0.1, 0.15) is 0 Å². The third-order valence-electron chi connectivity index (χ3n) is 11.5. The van der Waals surface area contributed by atoms with Crippen molar-refractivity contribution in [2.24, 2.45) is 0 Å². The molecule has 4 aromatic heterocycles. The van der Waals surface area contributed by atoms with Crippen LogP contribution in [-0.4, -0.2) is 15.0 Å². The number of hydrogen-bond donors (Lipinski definition) is 0. The van der Waals surface area contributed by atoms with E-state index in [9.17, 15) is 0 Å². The Kier molecular flexibility index (Phi) is 8.84. The standard InChI is InChI=1S/C57H45N3S/c1-38-28-54(43-16-8-4-9-17-43)59-35-45(38)24-22-40-30-41(23-25-46-36-60-55(29-39(46)2)44-18-10-5-11-19-44)32-48(31-40)51-34-57-52(49-20-12-13-21-56(49)61-57)33-50(51)47-26-27-53(58-37-47)42-14-6-3-7-15-42/h3-21,26-37H,22-25H2,1-2H3/i1D3,2D3. The normalized spacial score (nSPS) is 13.2.